The lowest BCUT2D eigenvalue weighted by molar-refractivity contribution is 0.563. The Morgan fingerprint density at radius 2 is 1.68 bits per heavy atom. The predicted octanol–water partition coefficient (Wildman–Crippen LogP) is 2.60. The topological polar surface area (TPSA) is 33.4 Å². The van der Waals surface area contributed by atoms with Gasteiger partial charge in [-0.2, -0.15) is 0 Å². The third-order valence-electron chi connectivity index (χ3n) is 4.49. The van der Waals surface area contributed by atoms with Gasteiger partial charge in [-0.15, -0.1) is 5.10 Å². The molecular formula is C15H20N4. The van der Waals surface area contributed by atoms with Gasteiger partial charge in [0.15, 0.2) is 11.5 Å². The summed E-state index contributed by atoms with van der Waals surface area (Å²) >= 11 is 0. The molecule has 2 aromatic rings. The molecule has 1 saturated heterocycles. The van der Waals surface area contributed by atoms with Crippen LogP contribution in [0.2, 0.25) is 0 Å². The van der Waals surface area contributed by atoms with E-state index in [9.17, 15) is 0 Å². The highest BCUT2D eigenvalue weighted by atomic mass is 15.3. The Kier molecular flexibility index (Phi) is 2.67. The Balaban J connectivity index is 1.88. The normalized spacial score (nSPS) is 19.7. The number of hydrogen-bond donors (Lipinski definition) is 0. The van der Waals surface area contributed by atoms with E-state index in [-0.39, 0.29) is 0 Å². The van der Waals surface area contributed by atoms with Gasteiger partial charge in [-0.05, 0) is 44.9 Å². The van der Waals surface area contributed by atoms with E-state index in [1.807, 2.05) is 16.9 Å². The first kappa shape index (κ1) is 11.3. The zero-order valence-electron chi connectivity index (χ0n) is 11.3. The molecule has 4 heteroatoms. The molecule has 0 radical (unpaired) electrons. The highest BCUT2D eigenvalue weighted by molar-refractivity contribution is 5.61. The summed E-state index contributed by atoms with van der Waals surface area (Å²) in [7, 11) is 0. The minimum Gasteiger partial charge on any atom is -0.355 e. The zero-order valence-corrected chi connectivity index (χ0v) is 11.3. The molecular weight excluding hydrogens is 236 g/mol. The number of anilines is 1. The van der Waals surface area contributed by atoms with Gasteiger partial charge in [0.25, 0.3) is 0 Å². The average Bonchev–Trinajstić information content (AvgIpc) is 2.96. The Morgan fingerprint density at radius 1 is 0.895 bits per heavy atom. The number of fused-ring (bicyclic) bond motifs is 3. The van der Waals surface area contributed by atoms with Crippen LogP contribution in [0.3, 0.4) is 0 Å². The second kappa shape index (κ2) is 4.51. The van der Waals surface area contributed by atoms with E-state index in [4.69, 9.17) is 5.10 Å². The van der Waals surface area contributed by atoms with Crippen molar-refractivity contribution >= 4 is 11.5 Å². The fourth-order valence-electron chi connectivity index (χ4n) is 3.51. The van der Waals surface area contributed by atoms with Gasteiger partial charge in [-0.3, -0.25) is 0 Å². The van der Waals surface area contributed by atoms with E-state index in [1.54, 1.807) is 0 Å². The number of rotatable bonds is 1. The van der Waals surface area contributed by atoms with Crippen LogP contribution in [-0.2, 0) is 12.8 Å². The molecule has 0 unspecified atom stereocenters. The van der Waals surface area contributed by atoms with Crippen LogP contribution in [0.15, 0.2) is 12.4 Å². The molecule has 1 fully saturated rings. The van der Waals surface area contributed by atoms with Gasteiger partial charge in [-0.1, -0.05) is 0 Å². The summed E-state index contributed by atoms with van der Waals surface area (Å²) in [5.74, 6) is 1.24. The summed E-state index contributed by atoms with van der Waals surface area (Å²) in [6, 6.07) is 0. The lowest BCUT2D eigenvalue weighted by Crippen LogP contribution is -2.32. The van der Waals surface area contributed by atoms with Gasteiger partial charge in [-0.25, -0.2) is 9.50 Å². The van der Waals surface area contributed by atoms with Crippen LogP contribution in [0, 0.1) is 0 Å². The maximum absolute atomic E-state index is 4.85. The molecule has 100 valence electrons. The van der Waals surface area contributed by atoms with E-state index < -0.39 is 0 Å². The Labute approximate surface area is 113 Å². The average molecular weight is 256 g/mol. The van der Waals surface area contributed by atoms with Crippen LogP contribution in [-0.4, -0.2) is 27.7 Å². The third-order valence-corrected chi connectivity index (χ3v) is 4.49. The molecule has 19 heavy (non-hydrogen) atoms. The number of piperidine rings is 1. The van der Waals surface area contributed by atoms with Crippen LogP contribution in [0.1, 0.15) is 43.2 Å². The molecule has 3 heterocycles. The van der Waals surface area contributed by atoms with E-state index in [1.165, 1.54) is 75.0 Å². The van der Waals surface area contributed by atoms with Gasteiger partial charge < -0.3 is 4.90 Å². The largest absolute Gasteiger partial charge is 0.355 e. The van der Waals surface area contributed by atoms with E-state index >= 15 is 0 Å². The molecule has 4 nitrogen and oxygen atoms in total. The monoisotopic (exact) mass is 256 g/mol. The minimum absolute atomic E-state index is 1.08. The maximum Gasteiger partial charge on any atom is 0.157 e. The lowest BCUT2D eigenvalue weighted by Gasteiger charge is -2.31. The van der Waals surface area contributed by atoms with Crippen molar-refractivity contribution in [1.82, 2.24) is 14.6 Å². The van der Waals surface area contributed by atoms with Crippen molar-refractivity contribution in [2.75, 3.05) is 18.0 Å². The van der Waals surface area contributed by atoms with E-state index in [0.717, 1.165) is 5.65 Å². The van der Waals surface area contributed by atoms with Gasteiger partial charge in [0.05, 0.1) is 0 Å². The summed E-state index contributed by atoms with van der Waals surface area (Å²) in [6.07, 6.45) is 12.8. The van der Waals surface area contributed by atoms with Crippen molar-refractivity contribution < 1.29 is 0 Å². The number of aryl methyl sites for hydroxylation is 1. The van der Waals surface area contributed by atoms with Crippen molar-refractivity contribution in [2.24, 2.45) is 0 Å². The Morgan fingerprint density at radius 3 is 2.53 bits per heavy atom. The summed E-state index contributed by atoms with van der Waals surface area (Å²) in [5.41, 5.74) is 4.01. The number of aromatic nitrogens is 3. The molecule has 0 aromatic carbocycles. The predicted molar refractivity (Wildman–Crippen MR) is 75.7 cm³/mol. The first-order valence-corrected chi connectivity index (χ1v) is 7.53. The second-order valence-corrected chi connectivity index (χ2v) is 5.73. The van der Waals surface area contributed by atoms with Crippen LogP contribution in [0.4, 0.5) is 5.82 Å². The molecule has 0 N–H and O–H groups in total. The van der Waals surface area contributed by atoms with Crippen molar-refractivity contribution in [1.29, 1.82) is 0 Å². The second-order valence-electron chi connectivity index (χ2n) is 5.73. The van der Waals surface area contributed by atoms with Crippen LogP contribution in [0.5, 0.6) is 0 Å². The molecule has 0 spiro atoms. The third kappa shape index (κ3) is 1.81. The molecule has 1 aliphatic carbocycles. The first-order chi connectivity index (χ1) is 9.43. The minimum atomic E-state index is 1.08. The van der Waals surface area contributed by atoms with Crippen LogP contribution >= 0.6 is 0 Å². The quantitative estimate of drug-likeness (QED) is 0.786. The summed E-state index contributed by atoms with van der Waals surface area (Å²) in [6.45, 7) is 2.33. The number of imidazole rings is 1. The van der Waals surface area contributed by atoms with Gasteiger partial charge in [0.2, 0.25) is 0 Å². The molecule has 2 aromatic heterocycles. The Hall–Kier alpha value is -1.58. The maximum atomic E-state index is 4.85. The summed E-state index contributed by atoms with van der Waals surface area (Å²) < 4.78 is 1.98. The fourth-order valence-corrected chi connectivity index (χ4v) is 3.51. The standard InChI is InChI=1S/C15H20N4/c1-4-9-18(10-5-1)15-13-7-3-2-6-12(13)14-16-8-11-19(14)17-15/h8,11H,1-7,9-10H2. The van der Waals surface area contributed by atoms with Gasteiger partial charge in [0, 0.05) is 36.6 Å². The van der Waals surface area contributed by atoms with E-state index in [2.05, 4.69) is 9.88 Å². The number of hydrogen-bond acceptors (Lipinski definition) is 3. The van der Waals surface area contributed by atoms with Crippen molar-refractivity contribution in [2.45, 2.75) is 44.9 Å². The Bertz CT molecular complexity index is 595. The molecule has 4 rings (SSSR count). The zero-order chi connectivity index (χ0) is 12.7. The van der Waals surface area contributed by atoms with Gasteiger partial charge >= 0.3 is 0 Å². The molecule has 0 amide bonds. The van der Waals surface area contributed by atoms with E-state index in [0.29, 0.717) is 0 Å². The van der Waals surface area contributed by atoms with Crippen molar-refractivity contribution in [3.8, 4) is 0 Å². The molecule has 0 bridgehead atoms. The summed E-state index contributed by atoms with van der Waals surface area (Å²) in [5, 5.41) is 4.85. The first-order valence-electron chi connectivity index (χ1n) is 7.53. The highest BCUT2D eigenvalue weighted by Crippen LogP contribution is 2.32. The van der Waals surface area contributed by atoms with Crippen molar-refractivity contribution in [3.05, 3.63) is 23.5 Å². The lowest BCUT2D eigenvalue weighted by atomic mass is 9.92. The SMILES string of the molecule is c1cn2nc(N3CCCCC3)c3c(c2n1)CCCC3. The molecule has 0 atom stereocenters. The highest BCUT2D eigenvalue weighted by Gasteiger charge is 2.23. The van der Waals surface area contributed by atoms with Crippen LogP contribution < -0.4 is 4.90 Å². The smallest absolute Gasteiger partial charge is 0.157 e. The molecule has 1 aliphatic heterocycles. The molecule has 2 aliphatic rings. The van der Waals surface area contributed by atoms with Gasteiger partial charge in [0.1, 0.15) is 0 Å². The van der Waals surface area contributed by atoms with Crippen molar-refractivity contribution in [3.63, 3.8) is 0 Å². The number of nitrogens with zero attached hydrogens (tertiary/aromatic N) is 4. The fraction of sp³-hybridized carbons (Fsp3) is 0.600. The molecule has 0 saturated carbocycles. The van der Waals surface area contributed by atoms with Crippen LogP contribution in [0.25, 0.3) is 5.65 Å². The summed E-state index contributed by atoms with van der Waals surface area (Å²) in [4.78, 5) is 6.99.